The third-order valence-corrected chi connectivity index (χ3v) is 4.14. The number of piperidine rings is 1. The van der Waals surface area contributed by atoms with E-state index < -0.39 is 11.4 Å². The fourth-order valence-electron chi connectivity index (χ4n) is 2.62. The van der Waals surface area contributed by atoms with Gasteiger partial charge in [-0.15, -0.1) is 0 Å². The normalized spacial score (nSPS) is 18.0. The molecule has 1 aromatic heterocycles. The van der Waals surface area contributed by atoms with Crippen molar-refractivity contribution in [2.24, 2.45) is 11.3 Å². The third kappa shape index (κ3) is 3.25. The maximum Gasteiger partial charge on any atom is 0.309 e. The summed E-state index contributed by atoms with van der Waals surface area (Å²) in [6.07, 6.45) is 4.41. The van der Waals surface area contributed by atoms with Gasteiger partial charge < -0.3 is 14.6 Å². The molecule has 1 aliphatic rings. The van der Waals surface area contributed by atoms with E-state index in [-0.39, 0.29) is 5.56 Å². The van der Waals surface area contributed by atoms with Crippen molar-refractivity contribution in [2.45, 2.75) is 40.2 Å². The Morgan fingerprint density at radius 1 is 1.43 bits per heavy atom. The number of carboxylic acid groups (broad SMARTS) is 1. The smallest absolute Gasteiger partial charge is 0.309 e. The lowest BCUT2D eigenvalue weighted by Crippen LogP contribution is -2.45. The summed E-state index contributed by atoms with van der Waals surface area (Å²) in [5.41, 5.74) is -0.785. The quantitative estimate of drug-likeness (QED) is 0.912. The number of anilines is 1. The van der Waals surface area contributed by atoms with Crippen LogP contribution in [0.2, 0.25) is 0 Å². The number of carbonyl (C=O) groups is 1. The van der Waals surface area contributed by atoms with Gasteiger partial charge in [0.25, 0.3) is 5.56 Å². The first-order chi connectivity index (χ1) is 9.83. The first-order valence-electron chi connectivity index (χ1n) is 7.37. The number of rotatable bonds is 4. The van der Waals surface area contributed by atoms with Crippen molar-refractivity contribution in [3.8, 4) is 0 Å². The van der Waals surface area contributed by atoms with Gasteiger partial charge in [0, 0.05) is 32.0 Å². The molecule has 116 valence electrons. The van der Waals surface area contributed by atoms with Gasteiger partial charge in [0.15, 0.2) is 5.82 Å². The van der Waals surface area contributed by atoms with Crippen molar-refractivity contribution < 1.29 is 9.90 Å². The lowest BCUT2D eigenvalue weighted by molar-refractivity contribution is -0.149. The number of aliphatic carboxylic acids is 1. The largest absolute Gasteiger partial charge is 0.481 e. The minimum Gasteiger partial charge on any atom is -0.481 e. The predicted molar refractivity (Wildman–Crippen MR) is 80.5 cm³/mol. The summed E-state index contributed by atoms with van der Waals surface area (Å²) < 4.78 is 1.68. The number of aromatic nitrogens is 2. The lowest BCUT2D eigenvalue weighted by atomic mass is 9.80. The number of nitrogens with zero attached hydrogens (tertiary/aromatic N) is 3. The fourth-order valence-corrected chi connectivity index (χ4v) is 2.62. The van der Waals surface area contributed by atoms with E-state index in [0.29, 0.717) is 44.2 Å². The van der Waals surface area contributed by atoms with Gasteiger partial charge >= 0.3 is 5.97 Å². The van der Waals surface area contributed by atoms with Crippen LogP contribution in [0.3, 0.4) is 0 Å². The van der Waals surface area contributed by atoms with Crippen LogP contribution < -0.4 is 10.5 Å². The second-order valence-electron chi connectivity index (χ2n) is 6.46. The van der Waals surface area contributed by atoms with Gasteiger partial charge in [-0.3, -0.25) is 9.59 Å². The van der Waals surface area contributed by atoms with Crippen molar-refractivity contribution in [3.05, 3.63) is 22.7 Å². The van der Waals surface area contributed by atoms with Crippen LogP contribution in [-0.2, 0) is 11.3 Å². The summed E-state index contributed by atoms with van der Waals surface area (Å²) in [5.74, 6) is 0.0561. The van der Waals surface area contributed by atoms with Gasteiger partial charge in [0.2, 0.25) is 0 Å². The molecule has 0 unspecified atom stereocenters. The van der Waals surface area contributed by atoms with E-state index in [2.05, 4.69) is 18.8 Å². The molecule has 0 bridgehead atoms. The summed E-state index contributed by atoms with van der Waals surface area (Å²) in [4.78, 5) is 29.8. The molecule has 0 saturated carbocycles. The van der Waals surface area contributed by atoms with Gasteiger partial charge in [0.05, 0.1) is 5.41 Å². The van der Waals surface area contributed by atoms with Crippen molar-refractivity contribution in [1.82, 2.24) is 9.55 Å². The molecule has 2 heterocycles. The molecule has 21 heavy (non-hydrogen) atoms. The molecule has 1 aromatic rings. The second-order valence-corrected chi connectivity index (χ2v) is 6.46. The third-order valence-electron chi connectivity index (χ3n) is 4.14. The highest BCUT2D eigenvalue weighted by Crippen LogP contribution is 2.31. The van der Waals surface area contributed by atoms with Gasteiger partial charge in [0.1, 0.15) is 0 Å². The lowest BCUT2D eigenvalue weighted by Gasteiger charge is -2.36. The molecule has 1 aliphatic heterocycles. The van der Waals surface area contributed by atoms with Gasteiger partial charge in [-0.1, -0.05) is 13.8 Å². The van der Waals surface area contributed by atoms with Crippen molar-refractivity contribution in [1.29, 1.82) is 0 Å². The van der Waals surface area contributed by atoms with E-state index in [4.69, 9.17) is 0 Å². The van der Waals surface area contributed by atoms with E-state index in [9.17, 15) is 14.7 Å². The highest BCUT2D eigenvalue weighted by atomic mass is 16.4. The van der Waals surface area contributed by atoms with Crippen molar-refractivity contribution >= 4 is 11.8 Å². The Morgan fingerprint density at radius 2 is 2.05 bits per heavy atom. The van der Waals surface area contributed by atoms with Gasteiger partial charge in [-0.2, -0.15) is 0 Å². The molecule has 1 saturated heterocycles. The zero-order valence-electron chi connectivity index (χ0n) is 12.9. The van der Waals surface area contributed by atoms with E-state index in [1.165, 1.54) is 0 Å². The zero-order chi connectivity index (χ0) is 15.6. The molecule has 0 radical (unpaired) electrons. The highest BCUT2D eigenvalue weighted by Gasteiger charge is 2.37. The van der Waals surface area contributed by atoms with E-state index in [1.54, 1.807) is 23.9 Å². The molecule has 1 N–H and O–H groups in total. The van der Waals surface area contributed by atoms with Crippen LogP contribution in [-0.4, -0.2) is 33.7 Å². The summed E-state index contributed by atoms with van der Waals surface area (Å²) in [6, 6.07) is 0. The van der Waals surface area contributed by atoms with Gasteiger partial charge in [-0.25, -0.2) is 4.98 Å². The number of hydrogen-bond acceptors (Lipinski definition) is 4. The molecule has 0 aromatic carbocycles. The monoisotopic (exact) mass is 293 g/mol. The van der Waals surface area contributed by atoms with Crippen LogP contribution >= 0.6 is 0 Å². The molecular weight excluding hydrogens is 270 g/mol. The van der Waals surface area contributed by atoms with E-state index in [0.717, 1.165) is 0 Å². The highest BCUT2D eigenvalue weighted by molar-refractivity contribution is 5.74. The summed E-state index contributed by atoms with van der Waals surface area (Å²) in [5, 5.41) is 9.25. The second kappa shape index (κ2) is 5.87. The fraction of sp³-hybridized carbons (Fsp3) is 0.667. The van der Waals surface area contributed by atoms with Crippen LogP contribution in [0.15, 0.2) is 17.2 Å². The number of carboxylic acids is 1. The molecule has 0 spiro atoms. The van der Waals surface area contributed by atoms with E-state index in [1.807, 2.05) is 4.90 Å². The maximum absolute atomic E-state index is 12.4. The first-order valence-corrected chi connectivity index (χ1v) is 7.37. The van der Waals surface area contributed by atoms with Crippen LogP contribution in [0.5, 0.6) is 0 Å². The molecule has 1 fully saturated rings. The first kappa shape index (κ1) is 15.5. The molecule has 0 aliphatic carbocycles. The van der Waals surface area contributed by atoms with Crippen molar-refractivity contribution in [3.63, 3.8) is 0 Å². The molecule has 0 amide bonds. The van der Waals surface area contributed by atoms with Crippen LogP contribution in [0.25, 0.3) is 0 Å². The topological polar surface area (TPSA) is 75.4 Å². The Labute approximate surface area is 124 Å². The molecule has 6 nitrogen and oxygen atoms in total. The minimum absolute atomic E-state index is 0.0925. The molecule has 6 heteroatoms. The van der Waals surface area contributed by atoms with E-state index >= 15 is 0 Å². The summed E-state index contributed by atoms with van der Waals surface area (Å²) in [7, 11) is 0. The average Bonchev–Trinajstić information content (AvgIpc) is 2.42. The Kier molecular flexibility index (Phi) is 4.34. The Balaban J connectivity index is 2.18. The van der Waals surface area contributed by atoms with Crippen LogP contribution in [0.1, 0.15) is 33.6 Å². The van der Waals surface area contributed by atoms with Crippen LogP contribution in [0.4, 0.5) is 5.82 Å². The maximum atomic E-state index is 12.4. The number of hydrogen-bond donors (Lipinski definition) is 1. The molecule has 2 rings (SSSR count). The zero-order valence-corrected chi connectivity index (χ0v) is 12.9. The SMILES string of the molecule is CC(C)Cn1ccnc(N2CCC(C)(C(=O)O)CC2)c1=O. The minimum atomic E-state index is -0.764. The Morgan fingerprint density at radius 3 is 2.57 bits per heavy atom. The van der Waals surface area contributed by atoms with Crippen LogP contribution in [0, 0.1) is 11.3 Å². The molecule has 0 atom stereocenters. The summed E-state index contributed by atoms with van der Waals surface area (Å²) in [6.45, 7) is 7.65. The molecular formula is C15H23N3O3. The summed E-state index contributed by atoms with van der Waals surface area (Å²) >= 11 is 0. The predicted octanol–water partition coefficient (Wildman–Crippen LogP) is 1.59. The van der Waals surface area contributed by atoms with Gasteiger partial charge in [-0.05, 0) is 25.7 Å². The van der Waals surface area contributed by atoms with Crippen molar-refractivity contribution in [2.75, 3.05) is 18.0 Å². The Bertz CT molecular complexity index is 572. The average molecular weight is 293 g/mol. The Hall–Kier alpha value is -1.85. The standard InChI is InChI=1S/C15H23N3O3/c1-11(2)10-18-9-6-16-12(13(18)19)17-7-4-15(3,5-8-17)14(20)21/h6,9,11H,4-5,7-8,10H2,1-3H3,(H,20,21).